The Balaban J connectivity index is 2.99. The zero-order chi connectivity index (χ0) is 10.1. The second kappa shape index (κ2) is 3.32. The summed E-state index contributed by atoms with van der Waals surface area (Å²) in [7, 11) is 0. The minimum Gasteiger partial charge on any atom is -0.481 e. The lowest BCUT2D eigenvalue weighted by Gasteiger charge is -2.33. The standard InChI is InChI=1S/C10H14O3/c1-7(11)8-5-3-4-6-10(8,2)9(12)13/h3-4,8H,5-6H2,1-2H3,(H,12,13). The Bertz CT molecular complexity index is 267. The van der Waals surface area contributed by atoms with Crippen LogP contribution in [0.5, 0.6) is 0 Å². The first-order chi connectivity index (χ1) is 5.98. The Kier molecular flexibility index (Phi) is 2.55. The Labute approximate surface area is 77.4 Å². The van der Waals surface area contributed by atoms with Crippen LogP contribution in [0.25, 0.3) is 0 Å². The van der Waals surface area contributed by atoms with Crippen molar-refractivity contribution >= 4 is 11.8 Å². The van der Waals surface area contributed by atoms with Crippen LogP contribution in [0.15, 0.2) is 12.2 Å². The Hall–Kier alpha value is -1.12. The van der Waals surface area contributed by atoms with E-state index in [2.05, 4.69) is 0 Å². The molecule has 0 aromatic carbocycles. The molecule has 1 rings (SSSR count). The molecule has 0 aromatic rings. The van der Waals surface area contributed by atoms with E-state index in [4.69, 9.17) is 5.11 Å². The highest BCUT2D eigenvalue weighted by atomic mass is 16.4. The number of Topliss-reactive ketones (excluding diaryl/α,β-unsaturated/α-hetero) is 1. The molecule has 1 aliphatic carbocycles. The summed E-state index contributed by atoms with van der Waals surface area (Å²) in [5, 5.41) is 9.03. The van der Waals surface area contributed by atoms with Gasteiger partial charge in [-0.1, -0.05) is 12.2 Å². The number of carboxylic acid groups (broad SMARTS) is 1. The molecule has 0 fully saturated rings. The molecule has 0 bridgehead atoms. The Morgan fingerprint density at radius 2 is 2.08 bits per heavy atom. The number of aliphatic carboxylic acids is 1. The van der Waals surface area contributed by atoms with Gasteiger partial charge in [0.25, 0.3) is 0 Å². The number of rotatable bonds is 2. The highest BCUT2D eigenvalue weighted by Crippen LogP contribution is 2.38. The van der Waals surface area contributed by atoms with Gasteiger partial charge in [-0.05, 0) is 26.7 Å². The molecule has 0 aliphatic heterocycles. The first kappa shape index (κ1) is 9.96. The van der Waals surface area contributed by atoms with Crippen LogP contribution >= 0.6 is 0 Å². The van der Waals surface area contributed by atoms with Gasteiger partial charge < -0.3 is 5.11 Å². The van der Waals surface area contributed by atoms with Gasteiger partial charge in [-0.3, -0.25) is 9.59 Å². The largest absolute Gasteiger partial charge is 0.481 e. The lowest BCUT2D eigenvalue weighted by molar-refractivity contribution is -0.154. The average molecular weight is 182 g/mol. The summed E-state index contributed by atoms with van der Waals surface area (Å²) in [4.78, 5) is 22.2. The van der Waals surface area contributed by atoms with Crippen LogP contribution in [0, 0.1) is 11.3 Å². The number of allylic oxidation sites excluding steroid dienone is 2. The number of carboxylic acids is 1. The quantitative estimate of drug-likeness (QED) is 0.660. The van der Waals surface area contributed by atoms with Crippen molar-refractivity contribution < 1.29 is 14.7 Å². The summed E-state index contributed by atoms with van der Waals surface area (Å²) in [5.74, 6) is -1.28. The number of hydrogen-bond donors (Lipinski definition) is 1. The maximum absolute atomic E-state index is 11.2. The summed E-state index contributed by atoms with van der Waals surface area (Å²) in [6.07, 6.45) is 4.73. The van der Waals surface area contributed by atoms with Crippen molar-refractivity contribution in [2.45, 2.75) is 26.7 Å². The van der Waals surface area contributed by atoms with E-state index in [1.165, 1.54) is 6.92 Å². The smallest absolute Gasteiger partial charge is 0.310 e. The summed E-state index contributed by atoms with van der Waals surface area (Å²) >= 11 is 0. The van der Waals surface area contributed by atoms with E-state index in [0.29, 0.717) is 12.8 Å². The summed E-state index contributed by atoms with van der Waals surface area (Å²) in [6, 6.07) is 0. The van der Waals surface area contributed by atoms with Crippen LogP contribution in [-0.4, -0.2) is 16.9 Å². The first-order valence-electron chi connectivity index (χ1n) is 4.37. The molecule has 1 N–H and O–H groups in total. The van der Waals surface area contributed by atoms with Gasteiger partial charge in [-0.2, -0.15) is 0 Å². The molecule has 0 spiro atoms. The number of carbonyl (C=O) groups excluding carboxylic acids is 1. The predicted octanol–water partition coefficient (Wildman–Crippen LogP) is 1.63. The van der Waals surface area contributed by atoms with E-state index in [-0.39, 0.29) is 11.7 Å². The van der Waals surface area contributed by atoms with Gasteiger partial charge in [0.2, 0.25) is 0 Å². The molecule has 3 heteroatoms. The molecule has 0 heterocycles. The third kappa shape index (κ3) is 1.64. The maximum atomic E-state index is 11.2. The second-order valence-corrected chi connectivity index (χ2v) is 3.80. The summed E-state index contributed by atoms with van der Waals surface area (Å²) in [5.41, 5.74) is -0.902. The molecular formula is C10H14O3. The van der Waals surface area contributed by atoms with Gasteiger partial charge in [-0.25, -0.2) is 0 Å². The molecule has 13 heavy (non-hydrogen) atoms. The minimum atomic E-state index is -0.902. The minimum absolute atomic E-state index is 0.0331. The lowest BCUT2D eigenvalue weighted by atomic mass is 9.68. The third-order valence-electron chi connectivity index (χ3n) is 2.83. The SMILES string of the molecule is CC(=O)C1CC=CCC1(C)C(=O)O. The fourth-order valence-electron chi connectivity index (χ4n) is 1.81. The first-order valence-corrected chi connectivity index (χ1v) is 4.37. The molecule has 3 nitrogen and oxygen atoms in total. The van der Waals surface area contributed by atoms with Crippen molar-refractivity contribution in [1.82, 2.24) is 0 Å². The molecule has 1 aliphatic rings. The van der Waals surface area contributed by atoms with Crippen molar-refractivity contribution in [3.05, 3.63) is 12.2 Å². The monoisotopic (exact) mass is 182 g/mol. The summed E-state index contributed by atoms with van der Waals surface area (Å²) in [6.45, 7) is 3.11. The van der Waals surface area contributed by atoms with Crippen LogP contribution in [0.2, 0.25) is 0 Å². The Morgan fingerprint density at radius 1 is 1.46 bits per heavy atom. The van der Waals surface area contributed by atoms with E-state index < -0.39 is 11.4 Å². The van der Waals surface area contributed by atoms with Gasteiger partial charge >= 0.3 is 5.97 Å². The zero-order valence-corrected chi connectivity index (χ0v) is 7.91. The van der Waals surface area contributed by atoms with Gasteiger partial charge in [0, 0.05) is 5.92 Å². The average Bonchev–Trinajstić information content (AvgIpc) is 2.04. The highest BCUT2D eigenvalue weighted by Gasteiger charge is 2.43. The van der Waals surface area contributed by atoms with Crippen LogP contribution in [0.4, 0.5) is 0 Å². The third-order valence-corrected chi connectivity index (χ3v) is 2.83. The molecule has 0 saturated carbocycles. The van der Waals surface area contributed by atoms with Crippen LogP contribution in [0.3, 0.4) is 0 Å². The van der Waals surface area contributed by atoms with E-state index in [0.717, 1.165) is 0 Å². The molecule has 0 radical (unpaired) electrons. The van der Waals surface area contributed by atoms with Crippen LogP contribution in [-0.2, 0) is 9.59 Å². The Morgan fingerprint density at radius 3 is 2.46 bits per heavy atom. The fraction of sp³-hybridized carbons (Fsp3) is 0.600. The van der Waals surface area contributed by atoms with Crippen LogP contribution < -0.4 is 0 Å². The van der Waals surface area contributed by atoms with E-state index in [1.54, 1.807) is 6.92 Å². The van der Waals surface area contributed by atoms with Crippen LogP contribution in [0.1, 0.15) is 26.7 Å². The van der Waals surface area contributed by atoms with Gasteiger partial charge in [0.05, 0.1) is 5.41 Å². The zero-order valence-electron chi connectivity index (χ0n) is 7.91. The van der Waals surface area contributed by atoms with Gasteiger partial charge in [0.1, 0.15) is 5.78 Å². The molecule has 0 amide bonds. The molecular weight excluding hydrogens is 168 g/mol. The van der Waals surface area contributed by atoms with Crippen molar-refractivity contribution in [1.29, 1.82) is 0 Å². The van der Waals surface area contributed by atoms with E-state index in [9.17, 15) is 9.59 Å². The topological polar surface area (TPSA) is 54.4 Å². The van der Waals surface area contributed by atoms with Gasteiger partial charge in [-0.15, -0.1) is 0 Å². The van der Waals surface area contributed by atoms with Crippen molar-refractivity contribution in [3.63, 3.8) is 0 Å². The second-order valence-electron chi connectivity index (χ2n) is 3.80. The van der Waals surface area contributed by atoms with E-state index in [1.807, 2.05) is 12.2 Å². The normalized spacial score (nSPS) is 32.9. The molecule has 2 atom stereocenters. The summed E-state index contributed by atoms with van der Waals surface area (Å²) < 4.78 is 0. The number of ketones is 1. The predicted molar refractivity (Wildman–Crippen MR) is 48.3 cm³/mol. The molecule has 72 valence electrons. The van der Waals surface area contributed by atoms with Gasteiger partial charge in [0.15, 0.2) is 0 Å². The molecule has 0 aromatic heterocycles. The number of hydrogen-bond acceptors (Lipinski definition) is 2. The fourth-order valence-corrected chi connectivity index (χ4v) is 1.81. The maximum Gasteiger partial charge on any atom is 0.310 e. The van der Waals surface area contributed by atoms with Crippen molar-refractivity contribution in [3.8, 4) is 0 Å². The highest BCUT2D eigenvalue weighted by molar-refractivity contribution is 5.87. The number of carbonyl (C=O) groups is 2. The molecule has 0 saturated heterocycles. The van der Waals surface area contributed by atoms with Crippen molar-refractivity contribution in [2.24, 2.45) is 11.3 Å². The molecule has 2 unspecified atom stereocenters. The lowest BCUT2D eigenvalue weighted by Crippen LogP contribution is -2.40. The van der Waals surface area contributed by atoms with Crippen molar-refractivity contribution in [2.75, 3.05) is 0 Å². The van der Waals surface area contributed by atoms with E-state index >= 15 is 0 Å².